The van der Waals surface area contributed by atoms with Crippen molar-refractivity contribution >= 4 is 11.9 Å². The van der Waals surface area contributed by atoms with Gasteiger partial charge in [-0.05, 0) is 145 Å². The van der Waals surface area contributed by atoms with E-state index in [9.17, 15) is 14.7 Å². The van der Waals surface area contributed by atoms with Crippen LogP contribution in [0.3, 0.4) is 0 Å². The molecule has 0 bridgehead atoms. The van der Waals surface area contributed by atoms with Gasteiger partial charge in [0.15, 0.2) is 0 Å². The zero-order chi connectivity index (χ0) is 29.8. The van der Waals surface area contributed by atoms with E-state index >= 15 is 0 Å². The lowest BCUT2D eigenvalue weighted by atomic mass is 9.31. The van der Waals surface area contributed by atoms with Crippen LogP contribution in [0.25, 0.3) is 0 Å². The average Bonchev–Trinajstić information content (AvgIpc) is 3.30. The Morgan fingerprint density at radius 3 is 2.10 bits per heavy atom. The number of primary amides is 1. The summed E-state index contributed by atoms with van der Waals surface area (Å²) in [6, 6.07) is 7.75. The Morgan fingerprint density at radius 1 is 0.805 bits per heavy atom. The van der Waals surface area contributed by atoms with Gasteiger partial charge in [-0.15, -0.1) is 0 Å². The van der Waals surface area contributed by atoms with Crippen molar-refractivity contribution in [2.45, 2.75) is 119 Å². The highest BCUT2D eigenvalue weighted by Crippen LogP contribution is 2.78. The first-order valence-corrected chi connectivity index (χ1v) is 16.8. The van der Waals surface area contributed by atoms with Gasteiger partial charge >= 0.3 is 5.97 Å². The Hall–Kier alpha value is -1.84. The number of carboxylic acid groups (broad SMARTS) is 1. The predicted molar refractivity (Wildman–Crippen MR) is 164 cm³/mol. The highest BCUT2D eigenvalue weighted by Gasteiger charge is 2.71. The van der Waals surface area contributed by atoms with Gasteiger partial charge in [-0.3, -0.25) is 4.79 Å². The molecular formula is C37H55NO3. The third-order valence-corrected chi connectivity index (χ3v) is 15.4. The summed E-state index contributed by atoms with van der Waals surface area (Å²) in [6.45, 7) is 17.7. The van der Waals surface area contributed by atoms with Crippen LogP contribution in [-0.2, 0) is 4.79 Å². The summed E-state index contributed by atoms with van der Waals surface area (Å²) < 4.78 is 0. The van der Waals surface area contributed by atoms with Crippen molar-refractivity contribution in [1.82, 2.24) is 0 Å². The molecule has 10 atom stereocenters. The molecule has 1 aromatic carbocycles. The third kappa shape index (κ3) is 3.76. The Kier molecular flexibility index (Phi) is 6.65. The van der Waals surface area contributed by atoms with Gasteiger partial charge in [0.2, 0.25) is 5.91 Å². The molecule has 3 N–H and O–H groups in total. The molecular weight excluding hydrogens is 506 g/mol. The number of fused-ring (bicyclic) bond motifs is 7. The molecule has 6 rings (SSSR count). The fourth-order valence-corrected chi connectivity index (χ4v) is 13.3. The number of amides is 1. The van der Waals surface area contributed by atoms with Crippen molar-refractivity contribution in [2.24, 2.45) is 68.3 Å². The molecule has 0 heterocycles. The van der Waals surface area contributed by atoms with Crippen LogP contribution in [0.2, 0.25) is 0 Å². The minimum atomic E-state index is -0.851. The molecule has 5 fully saturated rings. The van der Waals surface area contributed by atoms with Gasteiger partial charge in [0, 0.05) is 0 Å². The van der Waals surface area contributed by atoms with Gasteiger partial charge in [-0.25, -0.2) is 4.79 Å². The van der Waals surface area contributed by atoms with Crippen molar-refractivity contribution in [3.8, 4) is 0 Å². The van der Waals surface area contributed by atoms with E-state index < -0.39 is 5.97 Å². The number of carboxylic acids is 1. The summed E-state index contributed by atoms with van der Waals surface area (Å²) in [7, 11) is 0. The molecule has 5 aliphatic rings. The van der Waals surface area contributed by atoms with Crippen LogP contribution in [0.1, 0.15) is 135 Å². The Balaban J connectivity index is 1.33. The zero-order valence-corrected chi connectivity index (χ0v) is 26.8. The van der Waals surface area contributed by atoms with E-state index in [0.29, 0.717) is 52.4 Å². The Bertz CT molecular complexity index is 1220. The molecule has 0 aromatic heterocycles. The van der Waals surface area contributed by atoms with Gasteiger partial charge in [0.05, 0.1) is 11.0 Å². The summed E-state index contributed by atoms with van der Waals surface area (Å²) in [5, 5.41) is 9.42. The normalized spacial score (nSPS) is 46.6. The maximum absolute atomic E-state index is 13.2. The van der Waals surface area contributed by atoms with Crippen LogP contribution in [0.15, 0.2) is 24.3 Å². The van der Waals surface area contributed by atoms with Crippen molar-refractivity contribution in [3.05, 3.63) is 35.4 Å². The fraction of sp³-hybridized carbons (Fsp3) is 0.784. The number of nitrogens with two attached hydrogens (primary N) is 1. The second kappa shape index (κ2) is 9.33. The Morgan fingerprint density at radius 2 is 1.49 bits per heavy atom. The van der Waals surface area contributed by atoms with Crippen LogP contribution in [-0.4, -0.2) is 17.0 Å². The Labute approximate surface area is 248 Å². The molecule has 0 saturated heterocycles. The number of hydrogen-bond donors (Lipinski definition) is 2. The van der Waals surface area contributed by atoms with Crippen molar-refractivity contribution < 1.29 is 14.7 Å². The fourth-order valence-electron chi connectivity index (χ4n) is 13.3. The maximum atomic E-state index is 13.2. The van der Waals surface area contributed by atoms with E-state index in [1.807, 2.05) is 0 Å². The number of aromatic carboxylic acids is 1. The van der Waals surface area contributed by atoms with Crippen LogP contribution >= 0.6 is 0 Å². The van der Waals surface area contributed by atoms with Gasteiger partial charge < -0.3 is 10.8 Å². The largest absolute Gasteiger partial charge is 0.478 e. The highest BCUT2D eigenvalue weighted by molar-refractivity contribution is 5.87. The number of benzene rings is 1. The SMILES string of the molecule is CC(C)[C@@H]1CC[C@]2(C(N)=O)CC[C@]3(C)[C@H](CC[C@@H]4[C@@]5(C)CC[C@H](c6ccc(C(=O)O)cc6)C(C)(C)[C@@H]5CC[C@]43C)[C@@H]12. The standard InChI is InChI=1S/C37H55NO3/c1-22(2)25-14-19-37(32(38)41)21-20-35(6)27(30(25)37)12-13-29-34(5)17-15-26(23-8-10-24(11-9-23)31(39)40)33(3,4)28(34)16-18-36(29,35)7/h8-11,22,25-30H,12-21H2,1-7H3,(H2,38,41)(H,39,40)/t25-,26+,27+,28-,29+,30+,34-,35+,36+,37-/m0/s1. The zero-order valence-electron chi connectivity index (χ0n) is 26.8. The van der Waals surface area contributed by atoms with Gasteiger partial charge in [-0.2, -0.15) is 0 Å². The summed E-state index contributed by atoms with van der Waals surface area (Å²) >= 11 is 0. The minimum Gasteiger partial charge on any atom is -0.478 e. The second-order valence-corrected chi connectivity index (χ2v) is 17.0. The average molecular weight is 562 g/mol. The summed E-state index contributed by atoms with van der Waals surface area (Å²) in [4.78, 5) is 24.6. The summed E-state index contributed by atoms with van der Waals surface area (Å²) in [6.07, 6.45) is 11.8. The quantitative estimate of drug-likeness (QED) is 0.386. The van der Waals surface area contributed by atoms with E-state index in [4.69, 9.17) is 5.73 Å². The smallest absolute Gasteiger partial charge is 0.335 e. The van der Waals surface area contributed by atoms with Crippen LogP contribution < -0.4 is 5.73 Å². The topological polar surface area (TPSA) is 80.4 Å². The lowest BCUT2D eigenvalue weighted by Gasteiger charge is -2.73. The van der Waals surface area contributed by atoms with Crippen LogP contribution in [0, 0.1) is 62.6 Å². The lowest BCUT2D eigenvalue weighted by molar-refractivity contribution is -0.239. The van der Waals surface area contributed by atoms with Crippen molar-refractivity contribution in [3.63, 3.8) is 0 Å². The van der Waals surface area contributed by atoms with Crippen LogP contribution in [0.5, 0.6) is 0 Å². The number of rotatable bonds is 4. The van der Waals surface area contributed by atoms with E-state index in [1.165, 1.54) is 50.5 Å². The highest BCUT2D eigenvalue weighted by atomic mass is 16.4. The molecule has 1 amide bonds. The van der Waals surface area contributed by atoms with E-state index in [2.05, 4.69) is 60.6 Å². The monoisotopic (exact) mass is 561 g/mol. The molecule has 1 aromatic rings. The molecule has 41 heavy (non-hydrogen) atoms. The first kappa shape index (κ1) is 29.2. The molecule has 0 spiro atoms. The predicted octanol–water partition coefficient (Wildman–Crippen LogP) is 8.69. The van der Waals surface area contributed by atoms with Crippen LogP contribution in [0.4, 0.5) is 0 Å². The molecule has 226 valence electrons. The first-order chi connectivity index (χ1) is 19.1. The summed E-state index contributed by atoms with van der Waals surface area (Å²) in [5.41, 5.74) is 8.67. The van der Waals surface area contributed by atoms with Crippen molar-refractivity contribution in [1.29, 1.82) is 0 Å². The first-order valence-electron chi connectivity index (χ1n) is 16.8. The maximum Gasteiger partial charge on any atom is 0.335 e. The summed E-state index contributed by atoms with van der Waals surface area (Å²) in [5.74, 6) is 3.20. The van der Waals surface area contributed by atoms with E-state index in [0.717, 1.165) is 19.3 Å². The minimum absolute atomic E-state index is 0.00731. The lowest BCUT2D eigenvalue weighted by Crippen LogP contribution is -2.66. The number of carbonyl (C=O) groups excluding carboxylic acids is 1. The van der Waals surface area contributed by atoms with Gasteiger partial charge in [0.25, 0.3) is 0 Å². The third-order valence-electron chi connectivity index (χ3n) is 15.4. The van der Waals surface area contributed by atoms with E-state index in [-0.39, 0.29) is 27.6 Å². The molecule has 0 unspecified atom stereocenters. The second-order valence-electron chi connectivity index (χ2n) is 17.0. The molecule has 5 aliphatic carbocycles. The number of carbonyl (C=O) groups is 2. The molecule has 4 heteroatoms. The van der Waals surface area contributed by atoms with E-state index in [1.54, 1.807) is 12.1 Å². The van der Waals surface area contributed by atoms with Gasteiger partial charge in [-0.1, -0.05) is 60.6 Å². The molecule has 5 saturated carbocycles. The molecule has 0 radical (unpaired) electrons. The van der Waals surface area contributed by atoms with Gasteiger partial charge in [0.1, 0.15) is 0 Å². The molecule has 0 aliphatic heterocycles. The number of hydrogen-bond acceptors (Lipinski definition) is 2. The van der Waals surface area contributed by atoms with Crippen molar-refractivity contribution in [2.75, 3.05) is 0 Å². The molecule has 4 nitrogen and oxygen atoms in total.